The van der Waals surface area contributed by atoms with Crippen molar-refractivity contribution in [1.82, 2.24) is 10.7 Å². The van der Waals surface area contributed by atoms with Gasteiger partial charge in [-0.25, -0.2) is 5.43 Å². The molecular formula is C19H20N4O4. The molecule has 2 rings (SSSR count). The minimum atomic E-state index is -0.865. The highest BCUT2D eigenvalue weighted by Crippen LogP contribution is 2.11. The number of amides is 3. The summed E-state index contributed by atoms with van der Waals surface area (Å²) in [5.41, 5.74) is 8.72. The van der Waals surface area contributed by atoms with Crippen LogP contribution in [0.2, 0.25) is 0 Å². The molecule has 4 N–H and O–H groups in total. The fraction of sp³-hybridized carbons (Fsp3) is 0.158. The van der Waals surface area contributed by atoms with Crippen molar-refractivity contribution in [3.05, 3.63) is 65.7 Å². The summed E-state index contributed by atoms with van der Waals surface area (Å²) in [6, 6.07) is 15.6. The van der Waals surface area contributed by atoms with E-state index in [0.717, 1.165) is 5.56 Å². The van der Waals surface area contributed by atoms with E-state index in [1.807, 2.05) is 30.3 Å². The van der Waals surface area contributed by atoms with E-state index in [9.17, 15) is 14.4 Å². The second-order valence-corrected chi connectivity index (χ2v) is 5.63. The first kappa shape index (κ1) is 19.6. The van der Waals surface area contributed by atoms with E-state index >= 15 is 0 Å². The highest BCUT2D eigenvalue weighted by molar-refractivity contribution is 6.35. The first-order chi connectivity index (χ1) is 13.0. The molecule has 0 aliphatic rings. The summed E-state index contributed by atoms with van der Waals surface area (Å²) in [5, 5.41) is 6.34. The smallest absolute Gasteiger partial charge is 0.329 e. The highest BCUT2D eigenvalue weighted by atomic mass is 16.5. The number of nitrogens with one attached hydrogen (secondary N) is 2. The molecule has 0 spiro atoms. The molecule has 0 saturated heterocycles. The second kappa shape index (κ2) is 9.71. The van der Waals surface area contributed by atoms with Crippen LogP contribution in [0.3, 0.4) is 0 Å². The van der Waals surface area contributed by atoms with Crippen LogP contribution in [0.25, 0.3) is 0 Å². The van der Waals surface area contributed by atoms with E-state index in [2.05, 4.69) is 15.8 Å². The fourth-order valence-electron chi connectivity index (χ4n) is 2.11. The number of ether oxygens (including phenoxy) is 1. The van der Waals surface area contributed by atoms with Gasteiger partial charge in [0, 0.05) is 0 Å². The quantitative estimate of drug-likeness (QED) is 0.381. The van der Waals surface area contributed by atoms with Crippen LogP contribution in [0, 0.1) is 0 Å². The Kier molecular flexibility index (Phi) is 7.07. The maximum Gasteiger partial charge on any atom is 0.329 e. The summed E-state index contributed by atoms with van der Waals surface area (Å²) in [4.78, 5) is 34.3. The normalized spacial score (nSPS) is 11.6. The van der Waals surface area contributed by atoms with Gasteiger partial charge in [0.15, 0.2) is 6.61 Å². The lowest BCUT2D eigenvalue weighted by atomic mass is 10.1. The molecule has 8 heteroatoms. The Bertz CT molecular complexity index is 819. The topological polar surface area (TPSA) is 123 Å². The van der Waals surface area contributed by atoms with E-state index < -0.39 is 17.7 Å². The number of hydrogen-bond donors (Lipinski definition) is 3. The monoisotopic (exact) mass is 368 g/mol. The van der Waals surface area contributed by atoms with E-state index in [-0.39, 0.29) is 12.6 Å². The zero-order valence-corrected chi connectivity index (χ0v) is 14.7. The van der Waals surface area contributed by atoms with Crippen LogP contribution in [0.15, 0.2) is 59.7 Å². The van der Waals surface area contributed by atoms with E-state index in [4.69, 9.17) is 10.5 Å². The van der Waals surface area contributed by atoms with Crippen molar-refractivity contribution in [2.24, 2.45) is 10.8 Å². The largest absolute Gasteiger partial charge is 0.484 e. The SMILES string of the molecule is C[C@@H](NC(=O)C(=O)N/N=C\c1ccc(OCC(N)=O)cc1)c1ccccc1. The number of primary amides is 1. The van der Waals surface area contributed by atoms with Gasteiger partial charge in [-0.1, -0.05) is 30.3 Å². The predicted octanol–water partition coefficient (Wildman–Crippen LogP) is 0.878. The highest BCUT2D eigenvalue weighted by Gasteiger charge is 2.16. The van der Waals surface area contributed by atoms with Crippen molar-refractivity contribution in [3.63, 3.8) is 0 Å². The third-order valence-electron chi connectivity index (χ3n) is 3.49. The zero-order chi connectivity index (χ0) is 19.6. The van der Waals surface area contributed by atoms with Gasteiger partial charge in [0.1, 0.15) is 5.75 Å². The molecule has 0 saturated carbocycles. The molecule has 0 unspecified atom stereocenters. The molecule has 0 bridgehead atoms. The number of benzene rings is 2. The Morgan fingerprint density at radius 2 is 1.74 bits per heavy atom. The Balaban J connectivity index is 1.81. The molecule has 1 atom stereocenters. The number of nitrogens with two attached hydrogens (primary N) is 1. The van der Waals surface area contributed by atoms with Crippen LogP contribution in [0.1, 0.15) is 24.1 Å². The Hall–Kier alpha value is -3.68. The van der Waals surface area contributed by atoms with Crippen LogP contribution in [-0.4, -0.2) is 30.5 Å². The van der Waals surface area contributed by atoms with Gasteiger partial charge in [-0.05, 0) is 42.3 Å². The number of carbonyl (C=O) groups excluding carboxylic acids is 3. The van der Waals surface area contributed by atoms with Gasteiger partial charge < -0.3 is 15.8 Å². The minimum Gasteiger partial charge on any atom is -0.484 e. The Labute approximate surface area is 156 Å². The van der Waals surface area contributed by atoms with Gasteiger partial charge in [0.05, 0.1) is 12.3 Å². The summed E-state index contributed by atoms with van der Waals surface area (Å²) in [6.45, 7) is 1.58. The summed E-state index contributed by atoms with van der Waals surface area (Å²) in [6.07, 6.45) is 1.38. The molecule has 0 aliphatic carbocycles. The molecule has 0 radical (unpaired) electrons. The lowest BCUT2D eigenvalue weighted by Crippen LogP contribution is -2.39. The van der Waals surface area contributed by atoms with Crippen LogP contribution in [0.4, 0.5) is 0 Å². The van der Waals surface area contributed by atoms with Gasteiger partial charge in [-0.15, -0.1) is 0 Å². The van der Waals surface area contributed by atoms with Crippen molar-refractivity contribution in [1.29, 1.82) is 0 Å². The van der Waals surface area contributed by atoms with Crippen molar-refractivity contribution in [3.8, 4) is 5.75 Å². The molecule has 0 aromatic heterocycles. The van der Waals surface area contributed by atoms with Gasteiger partial charge in [0.25, 0.3) is 5.91 Å². The summed E-state index contributed by atoms with van der Waals surface area (Å²) in [7, 11) is 0. The maximum atomic E-state index is 11.9. The second-order valence-electron chi connectivity index (χ2n) is 5.63. The lowest BCUT2D eigenvalue weighted by Gasteiger charge is -2.13. The van der Waals surface area contributed by atoms with Gasteiger partial charge >= 0.3 is 11.8 Å². The molecular weight excluding hydrogens is 348 g/mol. The van der Waals surface area contributed by atoms with Crippen molar-refractivity contribution in [2.45, 2.75) is 13.0 Å². The molecule has 140 valence electrons. The Morgan fingerprint density at radius 1 is 1.07 bits per heavy atom. The van der Waals surface area contributed by atoms with E-state index in [1.165, 1.54) is 6.21 Å². The number of hydrazone groups is 1. The van der Waals surface area contributed by atoms with Gasteiger partial charge in [0.2, 0.25) is 0 Å². The molecule has 2 aromatic rings. The van der Waals surface area contributed by atoms with Crippen LogP contribution < -0.4 is 21.2 Å². The molecule has 0 heterocycles. The summed E-state index contributed by atoms with van der Waals surface area (Å²) < 4.78 is 5.13. The molecule has 27 heavy (non-hydrogen) atoms. The summed E-state index contributed by atoms with van der Waals surface area (Å²) >= 11 is 0. The molecule has 8 nitrogen and oxygen atoms in total. The van der Waals surface area contributed by atoms with Crippen LogP contribution in [-0.2, 0) is 14.4 Å². The van der Waals surface area contributed by atoms with Crippen LogP contribution in [0.5, 0.6) is 5.75 Å². The standard InChI is InChI=1S/C19H20N4O4/c1-13(15-5-3-2-4-6-15)22-18(25)19(26)23-21-11-14-7-9-16(10-8-14)27-12-17(20)24/h2-11,13H,12H2,1H3,(H2,20,24)(H,22,25)(H,23,26)/b21-11-/t13-/m1/s1. The lowest BCUT2D eigenvalue weighted by molar-refractivity contribution is -0.139. The maximum absolute atomic E-state index is 11.9. The molecule has 2 aromatic carbocycles. The average Bonchev–Trinajstić information content (AvgIpc) is 2.67. The Morgan fingerprint density at radius 3 is 2.37 bits per heavy atom. The first-order valence-corrected chi connectivity index (χ1v) is 8.15. The number of carbonyl (C=O) groups is 3. The molecule has 3 amide bonds. The van der Waals surface area contributed by atoms with E-state index in [0.29, 0.717) is 11.3 Å². The number of hydrogen-bond acceptors (Lipinski definition) is 5. The average molecular weight is 368 g/mol. The zero-order valence-electron chi connectivity index (χ0n) is 14.7. The summed E-state index contributed by atoms with van der Waals surface area (Å²) in [5.74, 6) is -1.73. The van der Waals surface area contributed by atoms with Crippen molar-refractivity contribution < 1.29 is 19.1 Å². The molecule has 0 aliphatic heterocycles. The van der Waals surface area contributed by atoms with Crippen molar-refractivity contribution >= 4 is 23.9 Å². The van der Waals surface area contributed by atoms with Gasteiger partial charge in [-0.2, -0.15) is 5.10 Å². The predicted molar refractivity (Wildman–Crippen MR) is 99.9 cm³/mol. The number of rotatable bonds is 7. The van der Waals surface area contributed by atoms with Gasteiger partial charge in [-0.3, -0.25) is 14.4 Å². The van der Waals surface area contributed by atoms with Crippen LogP contribution >= 0.6 is 0 Å². The van der Waals surface area contributed by atoms with Crippen molar-refractivity contribution in [2.75, 3.05) is 6.61 Å². The molecule has 0 fully saturated rings. The first-order valence-electron chi connectivity index (χ1n) is 8.15. The minimum absolute atomic E-state index is 0.208. The third-order valence-corrected chi connectivity index (χ3v) is 3.49. The fourth-order valence-corrected chi connectivity index (χ4v) is 2.11. The third kappa shape index (κ3) is 6.62. The number of nitrogens with zero attached hydrogens (tertiary/aromatic N) is 1. The van der Waals surface area contributed by atoms with E-state index in [1.54, 1.807) is 31.2 Å².